The lowest BCUT2D eigenvalue weighted by Crippen LogP contribution is -2.31. The van der Waals surface area contributed by atoms with Crippen molar-refractivity contribution in [3.05, 3.63) is 47.0 Å². The highest BCUT2D eigenvalue weighted by atomic mass is 32.1. The highest BCUT2D eigenvalue weighted by molar-refractivity contribution is 7.15. The standard InChI is InChI=1S/C14H17N3O2S/c1-17(9-11-8-16-14(15)20-11)12(13(18)19-2)10-6-4-3-5-7-10/h3-8,12H,9H2,1-2H3,(H2,15,16). The van der Waals surface area contributed by atoms with E-state index in [1.54, 1.807) is 6.20 Å². The van der Waals surface area contributed by atoms with Crippen LogP contribution in [0.2, 0.25) is 0 Å². The number of likely N-dealkylation sites (N-methyl/N-ethyl adjacent to an activating group) is 1. The quantitative estimate of drug-likeness (QED) is 0.854. The molecule has 0 bridgehead atoms. The van der Waals surface area contributed by atoms with Crippen LogP contribution in [0.4, 0.5) is 5.13 Å². The first-order valence-electron chi connectivity index (χ1n) is 6.15. The minimum atomic E-state index is -0.440. The van der Waals surface area contributed by atoms with E-state index in [0.29, 0.717) is 11.7 Å². The summed E-state index contributed by atoms with van der Waals surface area (Å²) < 4.78 is 4.91. The molecule has 1 aromatic carbocycles. The Balaban J connectivity index is 2.20. The third kappa shape index (κ3) is 3.34. The maximum absolute atomic E-state index is 12.0. The van der Waals surface area contributed by atoms with Crippen LogP contribution in [0.3, 0.4) is 0 Å². The molecule has 0 amide bonds. The number of esters is 1. The molecule has 6 heteroatoms. The Kier molecular flexibility index (Phi) is 4.70. The average Bonchev–Trinajstić information content (AvgIpc) is 2.85. The molecule has 1 unspecified atom stereocenters. The number of hydrogen-bond acceptors (Lipinski definition) is 6. The summed E-state index contributed by atoms with van der Waals surface area (Å²) in [5, 5.41) is 0.530. The van der Waals surface area contributed by atoms with Gasteiger partial charge >= 0.3 is 5.97 Å². The Morgan fingerprint density at radius 3 is 2.70 bits per heavy atom. The van der Waals surface area contributed by atoms with E-state index in [1.807, 2.05) is 42.3 Å². The van der Waals surface area contributed by atoms with E-state index in [-0.39, 0.29) is 5.97 Å². The number of ether oxygens (including phenoxy) is 1. The molecule has 0 saturated carbocycles. The molecule has 0 aliphatic heterocycles. The van der Waals surface area contributed by atoms with Gasteiger partial charge in [0.1, 0.15) is 6.04 Å². The summed E-state index contributed by atoms with van der Waals surface area (Å²) >= 11 is 1.42. The Bertz CT molecular complexity index is 571. The molecule has 1 atom stereocenters. The number of aromatic nitrogens is 1. The Morgan fingerprint density at radius 2 is 2.15 bits per heavy atom. The molecule has 0 saturated heterocycles. The number of hydrogen-bond donors (Lipinski definition) is 1. The van der Waals surface area contributed by atoms with E-state index >= 15 is 0 Å². The van der Waals surface area contributed by atoms with Crippen molar-refractivity contribution in [2.75, 3.05) is 19.9 Å². The second kappa shape index (κ2) is 6.49. The van der Waals surface area contributed by atoms with Crippen LogP contribution in [0.15, 0.2) is 36.5 Å². The average molecular weight is 291 g/mol. The number of thiazole rings is 1. The van der Waals surface area contributed by atoms with E-state index < -0.39 is 6.04 Å². The SMILES string of the molecule is COC(=O)C(c1ccccc1)N(C)Cc1cnc(N)s1. The molecule has 106 valence electrons. The number of carbonyl (C=O) groups excluding carboxylic acids is 1. The fourth-order valence-corrected chi connectivity index (χ4v) is 2.80. The van der Waals surface area contributed by atoms with Crippen molar-refractivity contribution in [1.82, 2.24) is 9.88 Å². The Labute approximate surface area is 122 Å². The van der Waals surface area contributed by atoms with Crippen molar-refractivity contribution < 1.29 is 9.53 Å². The van der Waals surface area contributed by atoms with Crippen molar-refractivity contribution >= 4 is 22.4 Å². The van der Waals surface area contributed by atoms with E-state index in [1.165, 1.54) is 18.4 Å². The Morgan fingerprint density at radius 1 is 1.45 bits per heavy atom. The molecule has 2 N–H and O–H groups in total. The molecule has 1 heterocycles. The van der Waals surface area contributed by atoms with Gasteiger partial charge in [-0.25, -0.2) is 9.78 Å². The van der Waals surface area contributed by atoms with Crippen LogP contribution in [0.1, 0.15) is 16.5 Å². The summed E-state index contributed by atoms with van der Waals surface area (Å²) in [4.78, 5) is 19.0. The topological polar surface area (TPSA) is 68.5 Å². The molecule has 0 aliphatic carbocycles. The third-order valence-corrected chi connectivity index (χ3v) is 3.77. The minimum Gasteiger partial charge on any atom is -0.468 e. The minimum absolute atomic E-state index is 0.281. The van der Waals surface area contributed by atoms with Crippen molar-refractivity contribution in [2.45, 2.75) is 12.6 Å². The van der Waals surface area contributed by atoms with Gasteiger partial charge in [0, 0.05) is 17.6 Å². The summed E-state index contributed by atoms with van der Waals surface area (Å²) in [6.45, 7) is 0.587. The lowest BCUT2D eigenvalue weighted by Gasteiger charge is -2.25. The smallest absolute Gasteiger partial charge is 0.327 e. The van der Waals surface area contributed by atoms with Gasteiger partial charge in [0.05, 0.1) is 7.11 Å². The second-order valence-electron chi connectivity index (χ2n) is 4.42. The lowest BCUT2D eigenvalue weighted by atomic mass is 10.1. The highest BCUT2D eigenvalue weighted by Crippen LogP contribution is 2.24. The largest absolute Gasteiger partial charge is 0.468 e. The van der Waals surface area contributed by atoms with Crippen molar-refractivity contribution in [2.24, 2.45) is 0 Å². The summed E-state index contributed by atoms with van der Waals surface area (Å²) in [5.74, 6) is -0.281. The maximum atomic E-state index is 12.0. The Hall–Kier alpha value is -1.92. The number of methoxy groups -OCH3 is 1. The third-order valence-electron chi connectivity index (χ3n) is 2.96. The summed E-state index contributed by atoms with van der Waals surface area (Å²) in [7, 11) is 3.28. The van der Waals surface area contributed by atoms with Crippen molar-refractivity contribution in [3.63, 3.8) is 0 Å². The zero-order valence-corrected chi connectivity index (χ0v) is 12.3. The highest BCUT2D eigenvalue weighted by Gasteiger charge is 2.26. The zero-order chi connectivity index (χ0) is 14.5. The number of rotatable bonds is 5. The molecule has 2 rings (SSSR count). The van der Waals surface area contributed by atoms with Gasteiger partial charge in [-0.05, 0) is 12.6 Å². The van der Waals surface area contributed by atoms with E-state index in [0.717, 1.165) is 10.4 Å². The van der Waals surface area contributed by atoms with Gasteiger partial charge < -0.3 is 10.5 Å². The number of nitrogen functional groups attached to an aromatic ring is 1. The monoisotopic (exact) mass is 291 g/mol. The molecule has 0 aliphatic rings. The van der Waals surface area contributed by atoms with Crippen LogP contribution in [0, 0.1) is 0 Å². The zero-order valence-electron chi connectivity index (χ0n) is 11.4. The fraction of sp³-hybridized carbons (Fsp3) is 0.286. The lowest BCUT2D eigenvalue weighted by molar-refractivity contribution is -0.147. The van der Waals surface area contributed by atoms with Gasteiger partial charge in [-0.1, -0.05) is 30.3 Å². The predicted molar refractivity (Wildman–Crippen MR) is 79.2 cm³/mol. The fourth-order valence-electron chi connectivity index (χ4n) is 2.05. The first-order valence-corrected chi connectivity index (χ1v) is 6.96. The van der Waals surface area contributed by atoms with E-state index in [2.05, 4.69) is 4.98 Å². The molecule has 1 aromatic heterocycles. The van der Waals surface area contributed by atoms with Crippen LogP contribution >= 0.6 is 11.3 Å². The predicted octanol–water partition coefficient (Wildman–Crippen LogP) is 2.07. The summed E-state index contributed by atoms with van der Waals surface area (Å²) in [6.07, 6.45) is 1.73. The molecule has 0 fully saturated rings. The van der Waals surface area contributed by atoms with Gasteiger partial charge in [-0.15, -0.1) is 11.3 Å². The van der Waals surface area contributed by atoms with Gasteiger partial charge in [-0.3, -0.25) is 4.90 Å². The van der Waals surface area contributed by atoms with Crippen LogP contribution in [0.5, 0.6) is 0 Å². The van der Waals surface area contributed by atoms with Crippen LogP contribution in [0.25, 0.3) is 0 Å². The number of nitrogens with two attached hydrogens (primary N) is 1. The van der Waals surface area contributed by atoms with Gasteiger partial charge in [0.25, 0.3) is 0 Å². The molecular weight excluding hydrogens is 274 g/mol. The second-order valence-corrected chi connectivity index (χ2v) is 5.56. The van der Waals surface area contributed by atoms with Crippen molar-refractivity contribution in [3.8, 4) is 0 Å². The van der Waals surface area contributed by atoms with E-state index in [4.69, 9.17) is 10.5 Å². The molecular formula is C14H17N3O2S. The molecule has 0 spiro atoms. The normalized spacial score (nSPS) is 12.3. The van der Waals surface area contributed by atoms with Gasteiger partial charge in [0.15, 0.2) is 5.13 Å². The van der Waals surface area contributed by atoms with E-state index in [9.17, 15) is 4.79 Å². The van der Waals surface area contributed by atoms with Gasteiger partial charge in [0.2, 0.25) is 0 Å². The molecule has 5 nitrogen and oxygen atoms in total. The van der Waals surface area contributed by atoms with Crippen LogP contribution in [-0.2, 0) is 16.1 Å². The summed E-state index contributed by atoms with van der Waals surface area (Å²) in [6, 6.07) is 9.12. The summed E-state index contributed by atoms with van der Waals surface area (Å²) in [5.41, 5.74) is 6.53. The number of benzene rings is 1. The molecule has 0 radical (unpaired) electrons. The van der Waals surface area contributed by atoms with Crippen LogP contribution in [-0.4, -0.2) is 30.0 Å². The number of nitrogens with zero attached hydrogens (tertiary/aromatic N) is 2. The van der Waals surface area contributed by atoms with Crippen LogP contribution < -0.4 is 5.73 Å². The number of anilines is 1. The number of carbonyl (C=O) groups is 1. The maximum Gasteiger partial charge on any atom is 0.327 e. The molecule has 2 aromatic rings. The van der Waals surface area contributed by atoms with Gasteiger partial charge in [-0.2, -0.15) is 0 Å². The molecule has 20 heavy (non-hydrogen) atoms. The first kappa shape index (κ1) is 14.5. The van der Waals surface area contributed by atoms with Crippen molar-refractivity contribution in [1.29, 1.82) is 0 Å². The first-order chi connectivity index (χ1) is 9.61.